The summed E-state index contributed by atoms with van der Waals surface area (Å²) in [4.78, 5) is 18.9. The average Bonchev–Trinajstić information content (AvgIpc) is 3.24. The van der Waals surface area contributed by atoms with Gasteiger partial charge in [-0.3, -0.25) is 0 Å². The standard InChI is InChI=1S/C21H30N4O/c1-17(2)24-16-15-23(21(24)26)14-13-22-10-8-19(9-11-22)25-12-7-18-5-3-4-6-20(18)25/h3-7,12,17,19H,8-11,13-16H2,1-2H3. The van der Waals surface area contributed by atoms with Gasteiger partial charge in [0.05, 0.1) is 0 Å². The number of para-hydroxylation sites is 1. The van der Waals surface area contributed by atoms with E-state index in [1.807, 2.05) is 9.80 Å². The number of fused-ring (bicyclic) bond motifs is 1. The summed E-state index contributed by atoms with van der Waals surface area (Å²) in [5.74, 6) is 0. The number of carbonyl (C=O) groups is 1. The lowest BCUT2D eigenvalue weighted by Gasteiger charge is -2.34. The van der Waals surface area contributed by atoms with Gasteiger partial charge in [-0.1, -0.05) is 18.2 Å². The highest BCUT2D eigenvalue weighted by molar-refractivity contribution is 5.80. The minimum Gasteiger partial charge on any atom is -0.344 e. The maximum atomic E-state index is 12.4. The lowest BCUT2D eigenvalue weighted by Crippen LogP contribution is -2.42. The van der Waals surface area contributed by atoms with Crippen molar-refractivity contribution in [3.63, 3.8) is 0 Å². The fraction of sp³-hybridized carbons (Fsp3) is 0.571. The number of piperidine rings is 1. The van der Waals surface area contributed by atoms with Crippen LogP contribution in [0.1, 0.15) is 32.7 Å². The fourth-order valence-corrected chi connectivity index (χ4v) is 4.39. The van der Waals surface area contributed by atoms with Gasteiger partial charge in [-0.2, -0.15) is 0 Å². The van der Waals surface area contributed by atoms with Gasteiger partial charge in [0.1, 0.15) is 0 Å². The number of carbonyl (C=O) groups excluding carboxylic acids is 1. The van der Waals surface area contributed by atoms with Crippen LogP contribution in [0.25, 0.3) is 10.9 Å². The van der Waals surface area contributed by atoms with Crippen molar-refractivity contribution in [2.75, 3.05) is 39.3 Å². The van der Waals surface area contributed by atoms with Crippen LogP contribution >= 0.6 is 0 Å². The minimum atomic E-state index is 0.216. The number of benzene rings is 1. The number of urea groups is 1. The molecule has 0 N–H and O–H groups in total. The van der Waals surface area contributed by atoms with E-state index in [-0.39, 0.29) is 6.03 Å². The first-order chi connectivity index (χ1) is 12.6. The molecule has 2 saturated heterocycles. The van der Waals surface area contributed by atoms with Gasteiger partial charge in [-0.05, 0) is 44.2 Å². The predicted molar refractivity (Wildman–Crippen MR) is 105 cm³/mol. The SMILES string of the molecule is CC(C)N1CCN(CCN2CCC(n3ccc4ccccc43)CC2)C1=O. The molecule has 2 amide bonds. The molecule has 3 heterocycles. The third-order valence-electron chi connectivity index (χ3n) is 6.02. The first-order valence-electron chi connectivity index (χ1n) is 9.97. The molecule has 0 saturated carbocycles. The summed E-state index contributed by atoms with van der Waals surface area (Å²) in [6.07, 6.45) is 4.61. The van der Waals surface area contributed by atoms with E-state index in [0.717, 1.165) is 39.3 Å². The molecule has 0 atom stereocenters. The Kier molecular flexibility index (Phi) is 4.90. The van der Waals surface area contributed by atoms with Gasteiger partial charge in [-0.25, -0.2) is 4.79 Å². The highest BCUT2D eigenvalue weighted by Gasteiger charge is 2.30. The van der Waals surface area contributed by atoms with E-state index < -0.39 is 0 Å². The zero-order valence-electron chi connectivity index (χ0n) is 16.0. The van der Waals surface area contributed by atoms with Crippen LogP contribution in [0.4, 0.5) is 4.79 Å². The number of likely N-dealkylation sites (tertiary alicyclic amines) is 1. The molecular formula is C21H30N4O. The third kappa shape index (κ3) is 3.32. The minimum absolute atomic E-state index is 0.216. The van der Waals surface area contributed by atoms with Gasteiger partial charge in [0, 0.05) is 63.1 Å². The van der Waals surface area contributed by atoms with E-state index in [9.17, 15) is 4.79 Å². The van der Waals surface area contributed by atoms with Crippen molar-refractivity contribution in [2.24, 2.45) is 0 Å². The molecule has 0 unspecified atom stereocenters. The van der Waals surface area contributed by atoms with Crippen LogP contribution in [-0.2, 0) is 0 Å². The zero-order chi connectivity index (χ0) is 18.1. The second-order valence-corrected chi connectivity index (χ2v) is 7.91. The molecule has 1 aromatic carbocycles. The van der Waals surface area contributed by atoms with Crippen LogP contribution in [0, 0.1) is 0 Å². The van der Waals surface area contributed by atoms with Crippen molar-refractivity contribution < 1.29 is 4.79 Å². The number of nitrogens with zero attached hydrogens (tertiary/aromatic N) is 4. The van der Waals surface area contributed by atoms with Gasteiger partial charge in [0.15, 0.2) is 0 Å². The molecule has 0 spiro atoms. The smallest absolute Gasteiger partial charge is 0.320 e. The Labute approximate surface area is 156 Å². The Morgan fingerprint density at radius 2 is 1.77 bits per heavy atom. The molecule has 1 aromatic heterocycles. The van der Waals surface area contributed by atoms with Crippen LogP contribution in [0.2, 0.25) is 0 Å². The highest BCUT2D eigenvalue weighted by Crippen LogP contribution is 2.27. The van der Waals surface area contributed by atoms with Crippen LogP contribution in [-0.4, -0.2) is 70.6 Å². The van der Waals surface area contributed by atoms with Gasteiger partial charge in [0.2, 0.25) is 0 Å². The molecule has 2 aliphatic rings. The number of hydrogen-bond donors (Lipinski definition) is 0. The topological polar surface area (TPSA) is 31.7 Å². The summed E-state index contributed by atoms with van der Waals surface area (Å²) in [6, 6.07) is 12.0. The summed E-state index contributed by atoms with van der Waals surface area (Å²) in [7, 11) is 0. The van der Waals surface area contributed by atoms with Crippen molar-refractivity contribution in [1.82, 2.24) is 19.3 Å². The van der Waals surface area contributed by atoms with Gasteiger partial charge < -0.3 is 19.3 Å². The van der Waals surface area contributed by atoms with Crippen molar-refractivity contribution in [1.29, 1.82) is 0 Å². The number of rotatable bonds is 5. The summed E-state index contributed by atoms with van der Waals surface area (Å²) in [5.41, 5.74) is 1.35. The van der Waals surface area contributed by atoms with E-state index >= 15 is 0 Å². The van der Waals surface area contributed by atoms with Gasteiger partial charge >= 0.3 is 6.03 Å². The Balaban J connectivity index is 1.29. The molecule has 0 radical (unpaired) electrons. The van der Waals surface area contributed by atoms with Crippen LogP contribution < -0.4 is 0 Å². The molecule has 5 nitrogen and oxygen atoms in total. The van der Waals surface area contributed by atoms with Gasteiger partial charge in [0.25, 0.3) is 0 Å². The third-order valence-corrected chi connectivity index (χ3v) is 6.02. The molecule has 5 heteroatoms. The van der Waals surface area contributed by atoms with Gasteiger partial charge in [-0.15, -0.1) is 0 Å². The van der Waals surface area contributed by atoms with Crippen molar-refractivity contribution in [2.45, 2.75) is 38.8 Å². The maximum Gasteiger partial charge on any atom is 0.320 e. The first-order valence-corrected chi connectivity index (χ1v) is 9.97. The van der Waals surface area contributed by atoms with Crippen molar-refractivity contribution in [3.8, 4) is 0 Å². The Morgan fingerprint density at radius 1 is 1.00 bits per heavy atom. The maximum absolute atomic E-state index is 12.4. The van der Waals surface area contributed by atoms with Crippen molar-refractivity contribution >= 4 is 16.9 Å². The Bertz CT molecular complexity index is 760. The first kappa shape index (κ1) is 17.4. The normalized spacial score (nSPS) is 20.0. The Hall–Kier alpha value is -2.01. The molecule has 26 heavy (non-hydrogen) atoms. The van der Waals surface area contributed by atoms with E-state index in [4.69, 9.17) is 0 Å². The quantitative estimate of drug-likeness (QED) is 0.824. The molecule has 2 fully saturated rings. The number of amides is 2. The molecule has 0 aliphatic carbocycles. The van der Waals surface area contributed by atoms with E-state index in [2.05, 4.69) is 59.8 Å². The van der Waals surface area contributed by atoms with Crippen LogP contribution in [0.5, 0.6) is 0 Å². The molecule has 0 bridgehead atoms. The Morgan fingerprint density at radius 3 is 2.50 bits per heavy atom. The van der Waals surface area contributed by atoms with E-state index in [0.29, 0.717) is 12.1 Å². The molecule has 2 aromatic rings. The molecular weight excluding hydrogens is 324 g/mol. The average molecular weight is 354 g/mol. The predicted octanol–water partition coefficient (Wildman–Crippen LogP) is 3.42. The lowest BCUT2D eigenvalue weighted by atomic mass is 10.0. The summed E-state index contributed by atoms with van der Waals surface area (Å²) >= 11 is 0. The van der Waals surface area contributed by atoms with Crippen LogP contribution in [0.15, 0.2) is 36.5 Å². The second kappa shape index (κ2) is 7.31. The summed E-state index contributed by atoms with van der Waals surface area (Å²) in [6.45, 7) is 10.0. The summed E-state index contributed by atoms with van der Waals surface area (Å²) < 4.78 is 2.46. The molecule has 140 valence electrons. The molecule has 4 rings (SSSR count). The highest BCUT2D eigenvalue weighted by atomic mass is 16.2. The van der Waals surface area contributed by atoms with Crippen LogP contribution in [0.3, 0.4) is 0 Å². The zero-order valence-corrected chi connectivity index (χ0v) is 16.0. The monoisotopic (exact) mass is 354 g/mol. The number of aromatic nitrogens is 1. The van der Waals surface area contributed by atoms with Crippen molar-refractivity contribution in [3.05, 3.63) is 36.5 Å². The van der Waals surface area contributed by atoms with E-state index in [1.54, 1.807) is 0 Å². The fourth-order valence-electron chi connectivity index (χ4n) is 4.39. The lowest BCUT2D eigenvalue weighted by molar-refractivity contribution is 0.158. The van der Waals surface area contributed by atoms with E-state index in [1.165, 1.54) is 23.7 Å². The molecule has 2 aliphatic heterocycles. The largest absolute Gasteiger partial charge is 0.344 e. The second-order valence-electron chi connectivity index (χ2n) is 7.91. The summed E-state index contributed by atoms with van der Waals surface area (Å²) in [5, 5.41) is 1.33. The number of hydrogen-bond acceptors (Lipinski definition) is 2.